The lowest BCUT2D eigenvalue weighted by Crippen LogP contribution is -2.50. The summed E-state index contributed by atoms with van der Waals surface area (Å²) in [6.45, 7) is 6.13. The molecule has 0 radical (unpaired) electrons. The number of nitriles is 1. The lowest BCUT2D eigenvalue weighted by Gasteiger charge is -2.34. The highest BCUT2D eigenvalue weighted by Crippen LogP contribution is 2.20. The largest absolute Gasteiger partial charge is 0.360 e. The summed E-state index contributed by atoms with van der Waals surface area (Å²) in [5, 5.41) is 12.9. The zero-order chi connectivity index (χ0) is 17.5. The van der Waals surface area contributed by atoms with Crippen molar-refractivity contribution in [3.8, 4) is 6.07 Å². The molecule has 0 aromatic heterocycles. The third kappa shape index (κ3) is 4.71. The molecule has 1 saturated heterocycles. The van der Waals surface area contributed by atoms with Crippen LogP contribution in [0, 0.1) is 18.3 Å². The highest BCUT2D eigenvalue weighted by atomic mass is 35.5. The Morgan fingerprint density at radius 2 is 2.12 bits per heavy atom. The van der Waals surface area contributed by atoms with Crippen molar-refractivity contribution < 1.29 is 4.79 Å². The minimum absolute atomic E-state index is 0.0824. The van der Waals surface area contributed by atoms with Gasteiger partial charge in [-0.2, -0.15) is 5.26 Å². The van der Waals surface area contributed by atoms with Gasteiger partial charge in [0.05, 0.1) is 0 Å². The van der Waals surface area contributed by atoms with E-state index < -0.39 is 0 Å². The Hall–Kier alpha value is -2.07. The van der Waals surface area contributed by atoms with Gasteiger partial charge in [-0.25, -0.2) is 0 Å². The van der Waals surface area contributed by atoms with Crippen molar-refractivity contribution in [2.75, 3.05) is 44.6 Å². The van der Waals surface area contributed by atoms with E-state index in [1.807, 2.05) is 25.1 Å². The van der Waals surface area contributed by atoms with E-state index >= 15 is 0 Å². The number of hydrogen-bond acceptors (Lipinski definition) is 5. The summed E-state index contributed by atoms with van der Waals surface area (Å²) in [7, 11) is 0. The summed E-state index contributed by atoms with van der Waals surface area (Å²) >= 11 is 6.07. The van der Waals surface area contributed by atoms with Gasteiger partial charge in [0, 0.05) is 56.2 Å². The van der Waals surface area contributed by atoms with Crippen LogP contribution in [-0.4, -0.2) is 55.0 Å². The first-order chi connectivity index (χ1) is 11.5. The molecular formula is C17H22ClN5O. The fraction of sp³-hybridized carbons (Fsp3) is 0.412. The van der Waals surface area contributed by atoms with E-state index in [0.29, 0.717) is 24.7 Å². The van der Waals surface area contributed by atoms with Crippen LogP contribution in [-0.2, 0) is 4.79 Å². The zero-order valence-corrected chi connectivity index (χ0v) is 14.5. The number of carbonyl (C=O) groups is 1. The Labute approximate surface area is 147 Å². The van der Waals surface area contributed by atoms with Gasteiger partial charge in [-0.05, 0) is 24.6 Å². The van der Waals surface area contributed by atoms with Crippen LogP contribution in [0.4, 0.5) is 5.69 Å². The van der Waals surface area contributed by atoms with Crippen LogP contribution >= 0.6 is 11.6 Å². The number of carbonyl (C=O) groups excluding carboxylic acids is 1. The highest BCUT2D eigenvalue weighted by Gasteiger charge is 2.23. The van der Waals surface area contributed by atoms with Crippen molar-refractivity contribution >= 4 is 23.2 Å². The molecule has 128 valence electrons. The molecule has 1 aromatic carbocycles. The average molecular weight is 348 g/mol. The van der Waals surface area contributed by atoms with Crippen molar-refractivity contribution in [1.82, 2.24) is 9.80 Å². The molecule has 0 aliphatic carbocycles. The molecule has 0 saturated carbocycles. The van der Waals surface area contributed by atoms with Gasteiger partial charge in [0.1, 0.15) is 11.6 Å². The van der Waals surface area contributed by atoms with Crippen LogP contribution in [0.3, 0.4) is 0 Å². The van der Waals surface area contributed by atoms with Crippen LogP contribution in [0.5, 0.6) is 0 Å². The van der Waals surface area contributed by atoms with Gasteiger partial charge in [-0.1, -0.05) is 17.7 Å². The third-order valence-corrected chi connectivity index (χ3v) is 4.42. The van der Waals surface area contributed by atoms with Gasteiger partial charge < -0.3 is 16.0 Å². The molecule has 3 N–H and O–H groups in total. The molecule has 1 fully saturated rings. The zero-order valence-electron chi connectivity index (χ0n) is 13.8. The fourth-order valence-corrected chi connectivity index (χ4v) is 2.69. The quantitative estimate of drug-likeness (QED) is 0.624. The summed E-state index contributed by atoms with van der Waals surface area (Å²) < 4.78 is 0. The van der Waals surface area contributed by atoms with E-state index in [-0.39, 0.29) is 11.5 Å². The number of nitrogens with one attached hydrogen (secondary N) is 1. The Bertz CT molecular complexity index is 659. The number of nitrogens with zero attached hydrogens (tertiary/aromatic N) is 3. The number of piperazine rings is 1. The van der Waals surface area contributed by atoms with Gasteiger partial charge in [0.2, 0.25) is 0 Å². The molecule has 7 heteroatoms. The minimum atomic E-state index is -0.254. The molecule has 6 nitrogen and oxygen atoms in total. The molecule has 1 heterocycles. The third-order valence-electron chi connectivity index (χ3n) is 4.01. The van der Waals surface area contributed by atoms with E-state index in [9.17, 15) is 10.1 Å². The summed E-state index contributed by atoms with van der Waals surface area (Å²) in [6.07, 6.45) is 1.44. The first-order valence-corrected chi connectivity index (χ1v) is 8.27. The van der Waals surface area contributed by atoms with Crippen LogP contribution in [0.15, 0.2) is 30.0 Å². The van der Waals surface area contributed by atoms with Gasteiger partial charge in [-0.3, -0.25) is 9.69 Å². The van der Waals surface area contributed by atoms with E-state index in [1.165, 1.54) is 6.20 Å². The molecule has 1 aliphatic heterocycles. The van der Waals surface area contributed by atoms with Crippen molar-refractivity contribution in [3.63, 3.8) is 0 Å². The monoisotopic (exact) mass is 347 g/mol. The van der Waals surface area contributed by atoms with Crippen LogP contribution in [0.2, 0.25) is 5.02 Å². The number of nitrogens with two attached hydrogens (primary N) is 1. The molecule has 24 heavy (non-hydrogen) atoms. The Morgan fingerprint density at radius 3 is 2.71 bits per heavy atom. The summed E-state index contributed by atoms with van der Waals surface area (Å²) in [4.78, 5) is 16.4. The van der Waals surface area contributed by atoms with Crippen LogP contribution in [0.25, 0.3) is 0 Å². The molecular weight excluding hydrogens is 326 g/mol. The molecule has 0 spiro atoms. The van der Waals surface area contributed by atoms with E-state index in [4.69, 9.17) is 17.3 Å². The first-order valence-electron chi connectivity index (χ1n) is 7.90. The van der Waals surface area contributed by atoms with Crippen molar-refractivity contribution in [3.05, 3.63) is 40.6 Å². The molecule has 1 aliphatic rings. The van der Waals surface area contributed by atoms with Crippen molar-refractivity contribution in [1.29, 1.82) is 5.26 Å². The Balaban J connectivity index is 1.98. The summed E-state index contributed by atoms with van der Waals surface area (Å²) in [5.74, 6) is -0.254. The van der Waals surface area contributed by atoms with Crippen molar-refractivity contribution in [2.45, 2.75) is 6.92 Å². The predicted molar refractivity (Wildman–Crippen MR) is 95.6 cm³/mol. The number of halogens is 1. The Kier molecular flexibility index (Phi) is 6.62. The Morgan fingerprint density at radius 1 is 1.42 bits per heavy atom. The number of hydrogen-bond donors (Lipinski definition) is 2. The second-order valence-electron chi connectivity index (χ2n) is 5.70. The van der Waals surface area contributed by atoms with Gasteiger partial charge in [-0.15, -0.1) is 0 Å². The van der Waals surface area contributed by atoms with E-state index in [0.717, 1.165) is 30.9 Å². The predicted octanol–water partition coefficient (Wildman–Crippen LogP) is 1.57. The lowest BCUT2D eigenvalue weighted by molar-refractivity contribution is -0.128. The molecule has 1 amide bonds. The maximum absolute atomic E-state index is 12.5. The van der Waals surface area contributed by atoms with E-state index in [2.05, 4.69) is 10.2 Å². The minimum Gasteiger partial charge on any atom is -0.360 e. The smallest absolute Gasteiger partial charge is 0.266 e. The van der Waals surface area contributed by atoms with E-state index in [1.54, 1.807) is 11.0 Å². The second kappa shape index (κ2) is 8.69. The van der Waals surface area contributed by atoms with Crippen molar-refractivity contribution in [2.24, 2.45) is 5.73 Å². The molecule has 0 unspecified atom stereocenters. The second-order valence-corrected chi connectivity index (χ2v) is 6.11. The molecule has 0 atom stereocenters. The normalized spacial score (nSPS) is 15.9. The summed E-state index contributed by atoms with van der Waals surface area (Å²) in [6, 6.07) is 7.46. The molecule has 1 aromatic rings. The number of amides is 1. The lowest BCUT2D eigenvalue weighted by atomic mass is 10.2. The van der Waals surface area contributed by atoms with Gasteiger partial charge in [0.25, 0.3) is 5.91 Å². The fourth-order valence-electron chi connectivity index (χ4n) is 2.51. The number of aryl methyl sites for hydroxylation is 1. The maximum atomic E-state index is 12.5. The van der Waals surface area contributed by atoms with Crippen LogP contribution < -0.4 is 11.1 Å². The topological polar surface area (TPSA) is 85.4 Å². The average Bonchev–Trinajstić information content (AvgIpc) is 2.59. The summed E-state index contributed by atoms with van der Waals surface area (Å²) in [5.41, 5.74) is 7.33. The SMILES string of the molecule is Cc1ccc(N/C=C(/C#N)C(=O)N2CCN(CCN)CC2)cc1Cl. The number of benzene rings is 1. The number of rotatable bonds is 5. The maximum Gasteiger partial charge on any atom is 0.266 e. The first kappa shape index (κ1) is 18.3. The molecule has 0 bridgehead atoms. The van der Waals surface area contributed by atoms with Crippen LogP contribution in [0.1, 0.15) is 5.56 Å². The standard InChI is InChI=1S/C17H22ClN5O/c1-13-2-3-15(10-16(13)18)21-12-14(11-20)17(24)23-8-6-22(5-4-19)7-9-23/h2-3,10,12,21H,4-9,19H2,1H3/b14-12-. The number of anilines is 1. The van der Waals surface area contributed by atoms with Gasteiger partial charge >= 0.3 is 0 Å². The van der Waals surface area contributed by atoms with Gasteiger partial charge in [0.15, 0.2) is 0 Å². The molecule has 2 rings (SSSR count). The highest BCUT2D eigenvalue weighted by molar-refractivity contribution is 6.31.